The normalized spacial score (nSPS) is 21.1. The van der Waals surface area contributed by atoms with Gasteiger partial charge < -0.3 is 30.0 Å². The quantitative estimate of drug-likeness (QED) is 0.221. The van der Waals surface area contributed by atoms with Gasteiger partial charge in [-0.05, 0) is 88.1 Å². The number of carbonyl (C=O) groups is 2. The Balaban J connectivity index is 1.37. The molecule has 13 heteroatoms. The molecule has 49 heavy (non-hydrogen) atoms. The minimum absolute atomic E-state index is 0.0210. The fourth-order valence-electron chi connectivity index (χ4n) is 6.37. The van der Waals surface area contributed by atoms with Crippen LogP contribution in [0, 0.1) is 5.82 Å². The molecule has 0 radical (unpaired) electrons. The van der Waals surface area contributed by atoms with Crippen molar-refractivity contribution >= 4 is 11.8 Å². The Morgan fingerprint density at radius 2 is 1.71 bits per heavy atom. The van der Waals surface area contributed by atoms with E-state index in [-0.39, 0.29) is 46.6 Å². The molecule has 1 aliphatic heterocycles. The Morgan fingerprint density at radius 3 is 2.35 bits per heavy atom. The van der Waals surface area contributed by atoms with Gasteiger partial charge in [0.1, 0.15) is 29.3 Å². The lowest BCUT2D eigenvalue weighted by Crippen LogP contribution is -2.54. The van der Waals surface area contributed by atoms with Crippen LogP contribution in [-0.2, 0) is 15.8 Å². The average Bonchev–Trinajstić information content (AvgIpc) is 3.82. The number of aliphatic hydroxyl groups is 1. The maximum atomic E-state index is 15.0. The van der Waals surface area contributed by atoms with Gasteiger partial charge in [-0.3, -0.25) is 9.59 Å². The number of alkyl halides is 3. The molecule has 6 rings (SSSR count). The Morgan fingerprint density at radius 1 is 1.02 bits per heavy atom. The first kappa shape index (κ1) is 34.5. The smallest absolute Gasteiger partial charge is 0.424 e. The zero-order valence-corrected chi connectivity index (χ0v) is 27.5. The van der Waals surface area contributed by atoms with Crippen molar-refractivity contribution in [1.82, 2.24) is 15.6 Å². The van der Waals surface area contributed by atoms with Gasteiger partial charge in [0.15, 0.2) is 11.5 Å². The van der Waals surface area contributed by atoms with Crippen molar-refractivity contribution in [3.63, 3.8) is 0 Å². The molecule has 2 saturated carbocycles. The van der Waals surface area contributed by atoms with Crippen molar-refractivity contribution in [3.8, 4) is 28.5 Å². The molecule has 0 spiro atoms. The minimum atomic E-state index is -5.34. The number of rotatable bonds is 10. The molecule has 2 aliphatic carbocycles. The lowest BCUT2D eigenvalue weighted by Gasteiger charge is -2.37. The maximum Gasteiger partial charge on any atom is 0.424 e. The van der Waals surface area contributed by atoms with E-state index in [0.29, 0.717) is 5.75 Å². The van der Waals surface area contributed by atoms with Crippen molar-refractivity contribution < 1.29 is 46.5 Å². The fraction of sp³-hybridized carbons (Fsp3) is 0.472. The second-order valence-electron chi connectivity index (χ2n) is 13.7. The summed E-state index contributed by atoms with van der Waals surface area (Å²) >= 11 is 0. The summed E-state index contributed by atoms with van der Waals surface area (Å²) in [7, 11) is 1.38. The highest BCUT2D eigenvalue weighted by atomic mass is 19.4. The molecule has 3 N–H and O–H groups in total. The molecule has 0 saturated heterocycles. The molecule has 2 heterocycles. The topological polar surface area (TPSA) is 119 Å². The van der Waals surface area contributed by atoms with E-state index in [1.807, 2.05) is 6.92 Å². The number of hydrogen-bond donors (Lipinski definition) is 3. The Labute approximate surface area is 281 Å². The third-order valence-electron chi connectivity index (χ3n) is 9.71. The van der Waals surface area contributed by atoms with E-state index in [2.05, 4.69) is 15.6 Å². The summed E-state index contributed by atoms with van der Waals surface area (Å²) in [4.78, 5) is 31.3. The lowest BCUT2D eigenvalue weighted by molar-refractivity contribution is -0.265. The first-order chi connectivity index (χ1) is 23.2. The fourth-order valence-corrected chi connectivity index (χ4v) is 6.37. The van der Waals surface area contributed by atoms with Crippen LogP contribution < -0.4 is 24.8 Å². The summed E-state index contributed by atoms with van der Waals surface area (Å²) in [5, 5.41) is 16.8. The van der Waals surface area contributed by atoms with Crippen LogP contribution in [0.4, 0.5) is 17.6 Å². The summed E-state index contributed by atoms with van der Waals surface area (Å²) in [6.45, 7) is 2.00. The Kier molecular flexibility index (Phi) is 9.01. The number of amides is 2. The summed E-state index contributed by atoms with van der Waals surface area (Å²) in [5.41, 5.74) is -6.38. The van der Waals surface area contributed by atoms with Gasteiger partial charge in [0.05, 0.1) is 25.5 Å². The van der Waals surface area contributed by atoms with Crippen molar-refractivity contribution in [2.75, 3.05) is 20.3 Å². The molecule has 262 valence electrons. The van der Waals surface area contributed by atoms with E-state index in [1.165, 1.54) is 37.4 Å². The number of pyridine rings is 1. The number of aromatic nitrogens is 1. The SMILES string of the molecule is COc1cc(C(=O)NCC(O)(c2cc3c(c(-c4ccc(F)cc4)n2)OC[C@]3(C)C(=O)NC2(C)CCCCC2)C(F)(F)F)ccc1OC1CC1. The highest BCUT2D eigenvalue weighted by Gasteiger charge is 2.58. The van der Waals surface area contributed by atoms with Gasteiger partial charge in [-0.15, -0.1) is 0 Å². The predicted molar refractivity (Wildman–Crippen MR) is 171 cm³/mol. The van der Waals surface area contributed by atoms with E-state index in [1.54, 1.807) is 6.92 Å². The molecule has 2 amide bonds. The number of benzene rings is 2. The van der Waals surface area contributed by atoms with E-state index < -0.39 is 52.6 Å². The molecule has 0 bridgehead atoms. The molecule has 3 aromatic rings. The summed E-state index contributed by atoms with van der Waals surface area (Å²) in [6.07, 6.45) is 0.884. The molecular formula is C36H39F4N3O6. The summed E-state index contributed by atoms with van der Waals surface area (Å²) in [5.74, 6) is -1.25. The third-order valence-corrected chi connectivity index (χ3v) is 9.71. The standard InChI is InChI=1S/C36H39F4N3O6/c1-33(15-5-4-6-16-33)43-32(45)34(2)20-48-30-25(34)18-28(42-29(30)21-7-10-23(37)11-8-21)35(46,36(38,39)40)19-41-31(44)22-9-14-26(27(17-22)47-3)49-24-12-13-24/h7-11,14,17-18,24,46H,4-6,12-13,15-16,19-20H2,1-3H3,(H,41,44)(H,43,45)/t34-,35?/m0/s1. The number of nitrogens with zero attached hydrogens (tertiary/aromatic N) is 1. The zero-order valence-electron chi connectivity index (χ0n) is 27.5. The maximum absolute atomic E-state index is 15.0. The van der Waals surface area contributed by atoms with Crippen LogP contribution in [0.2, 0.25) is 0 Å². The van der Waals surface area contributed by atoms with Crippen LogP contribution in [0.25, 0.3) is 11.3 Å². The van der Waals surface area contributed by atoms with Crippen LogP contribution in [0.15, 0.2) is 48.5 Å². The average molecular weight is 686 g/mol. The Bertz CT molecular complexity index is 1740. The van der Waals surface area contributed by atoms with Crippen LogP contribution in [-0.4, -0.2) is 60.0 Å². The number of halogens is 4. The van der Waals surface area contributed by atoms with Gasteiger partial charge in [-0.2, -0.15) is 13.2 Å². The number of ether oxygens (including phenoxy) is 3. The monoisotopic (exact) mass is 685 g/mol. The first-order valence-electron chi connectivity index (χ1n) is 16.4. The number of fused-ring (bicyclic) bond motifs is 1. The molecule has 2 fully saturated rings. The molecule has 2 atom stereocenters. The number of hydrogen-bond acceptors (Lipinski definition) is 7. The van der Waals surface area contributed by atoms with E-state index in [4.69, 9.17) is 14.2 Å². The first-order valence-corrected chi connectivity index (χ1v) is 16.4. The molecule has 1 aromatic heterocycles. The lowest BCUT2D eigenvalue weighted by atomic mass is 9.78. The second kappa shape index (κ2) is 12.8. The molecule has 2 aromatic carbocycles. The van der Waals surface area contributed by atoms with Crippen molar-refractivity contribution in [3.05, 3.63) is 71.2 Å². The molecule has 1 unspecified atom stereocenters. The predicted octanol–water partition coefficient (Wildman–Crippen LogP) is 6.11. The van der Waals surface area contributed by atoms with Gasteiger partial charge >= 0.3 is 6.18 Å². The van der Waals surface area contributed by atoms with Crippen LogP contribution in [0.1, 0.15) is 80.4 Å². The van der Waals surface area contributed by atoms with Crippen molar-refractivity contribution in [2.24, 2.45) is 0 Å². The minimum Gasteiger partial charge on any atom is -0.493 e. The number of nitrogens with one attached hydrogen (secondary N) is 2. The Hall–Kier alpha value is -4.39. The van der Waals surface area contributed by atoms with Crippen LogP contribution >= 0.6 is 0 Å². The van der Waals surface area contributed by atoms with Gasteiger partial charge in [0, 0.05) is 22.2 Å². The number of methoxy groups -OCH3 is 1. The van der Waals surface area contributed by atoms with Gasteiger partial charge in [0.2, 0.25) is 11.5 Å². The highest BCUT2D eigenvalue weighted by molar-refractivity contribution is 5.95. The van der Waals surface area contributed by atoms with E-state index >= 15 is 0 Å². The zero-order chi connectivity index (χ0) is 35.2. The van der Waals surface area contributed by atoms with Gasteiger partial charge in [0.25, 0.3) is 5.91 Å². The highest BCUT2D eigenvalue weighted by Crippen LogP contribution is 2.48. The van der Waals surface area contributed by atoms with Crippen molar-refractivity contribution in [2.45, 2.75) is 87.6 Å². The van der Waals surface area contributed by atoms with Crippen LogP contribution in [0.3, 0.4) is 0 Å². The third kappa shape index (κ3) is 6.77. The summed E-state index contributed by atoms with van der Waals surface area (Å²) < 4.78 is 75.8. The molecule has 3 aliphatic rings. The van der Waals surface area contributed by atoms with E-state index in [0.717, 1.165) is 63.1 Å². The molecule has 9 nitrogen and oxygen atoms in total. The van der Waals surface area contributed by atoms with Crippen molar-refractivity contribution in [1.29, 1.82) is 0 Å². The number of carbonyl (C=O) groups excluding carboxylic acids is 2. The largest absolute Gasteiger partial charge is 0.493 e. The molecular weight excluding hydrogens is 646 g/mol. The second-order valence-corrected chi connectivity index (χ2v) is 13.7. The van der Waals surface area contributed by atoms with Gasteiger partial charge in [-0.25, -0.2) is 9.37 Å². The van der Waals surface area contributed by atoms with Crippen LogP contribution in [0.5, 0.6) is 17.2 Å². The summed E-state index contributed by atoms with van der Waals surface area (Å²) in [6, 6.07) is 10.1. The van der Waals surface area contributed by atoms with E-state index in [9.17, 15) is 32.3 Å². The van der Waals surface area contributed by atoms with Gasteiger partial charge in [-0.1, -0.05) is 19.3 Å².